The Morgan fingerprint density at radius 3 is 2.83 bits per heavy atom. The molecule has 0 N–H and O–H groups in total. The zero-order valence-corrected chi connectivity index (χ0v) is 10.9. The normalized spacial score (nSPS) is 10.3. The zero-order valence-electron chi connectivity index (χ0n) is 10.1. The summed E-state index contributed by atoms with van der Waals surface area (Å²) in [5.74, 6) is 0.115. The SMILES string of the molecule is CCOC(=O)c1sc2cccc(OC)c2c1C=O. The number of aldehydes is 1. The molecule has 94 valence electrons. The fourth-order valence-electron chi connectivity index (χ4n) is 1.77. The van der Waals surface area contributed by atoms with Gasteiger partial charge in [0.2, 0.25) is 0 Å². The number of methoxy groups -OCH3 is 1. The van der Waals surface area contributed by atoms with Crippen molar-refractivity contribution in [1.29, 1.82) is 0 Å². The molecule has 0 bridgehead atoms. The van der Waals surface area contributed by atoms with Gasteiger partial charge in [0.25, 0.3) is 0 Å². The number of ether oxygens (including phenoxy) is 2. The van der Waals surface area contributed by atoms with E-state index in [0.29, 0.717) is 27.9 Å². The van der Waals surface area contributed by atoms with Crippen molar-refractivity contribution in [1.82, 2.24) is 0 Å². The quantitative estimate of drug-likeness (QED) is 0.629. The van der Waals surface area contributed by atoms with Crippen LogP contribution in [0.2, 0.25) is 0 Å². The average molecular weight is 264 g/mol. The first-order chi connectivity index (χ1) is 8.72. The molecule has 1 aromatic heterocycles. The Kier molecular flexibility index (Phi) is 3.62. The van der Waals surface area contributed by atoms with Crippen LogP contribution < -0.4 is 4.74 Å². The van der Waals surface area contributed by atoms with Crippen molar-refractivity contribution in [2.45, 2.75) is 6.92 Å². The molecule has 0 radical (unpaired) electrons. The first-order valence-electron chi connectivity index (χ1n) is 5.44. The highest BCUT2D eigenvalue weighted by atomic mass is 32.1. The minimum atomic E-state index is -0.470. The van der Waals surface area contributed by atoms with Crippen molar-refractivity contribution in [3.05, 3.63) is 28.6 Å². The van der Waals surface area contributed by atoms with E-state index >= 15 is 0 Å². The van der Waals surface area contributed by atoms with Crippen LogP contribution >= 0.6 is 11.3 Å². The number of carbonyl (C=O) groups excluding carboxylic acids is 2. The van der Waals surface area contributed by atoms with Gasteiger partial charge in [0.15, 0.2) is 6.29 Å². The molecule has 0 aliphatic heterocycles. The molecule has 2 aromatic rings. The molecule has 0 aliphatic carbocycles. The number of fused-ring (bicyclic) bond motifs is 1. The minimum absolute atomic E-state index is 0.280. The van der Waals surface area contributed by atoms with E-state index in [1.165, 1.54) is 18.4 Å². The molecule has 0 atom stereocenters. The third-order valence-corrected chi connectivity index (χ3v) is 3.66. The lowest BCUT2D eigenvalue weighted by Crippen LogP contribution is -2.04. The summed E-state index contributed by atoms with van der Waals surface area (Å²) >= 11 is 1.24. The summed E-state index contributed by atoms with van der Waals surface area (Å²) in [6.07, 6.45) is 0.674. The predicted octanol–water partition coefficient (Wildman–Crippen LogP) is 2.90. The second kappa shape index (κ2) is 5.18. The van der Waals surface area contributed by atoms with Crippen molar-refractivity contribution in [2.75, 3.05) is 13.7 Å². The Morgan fingerprint density at radius 1 is 1.44 bits per heavy atom. The van der Waals surface area contributed by atoms with Gasteiger partial charge in [-0.1, -0.05) is 6.07 Å². The monoisotopic (exact) mass is 264 g/mol. The number of carbonyl (C=O) groups is 2. The molecular weight excluding hydrogens is 252 g/mol. The van der Waals surface area contributed by atoms with Gasteiger partial charge in [0.1, 0.15) is 10.6 Å². The Hall–Kier alpha value is -1.88. The number of thiophene rings is 1. The first-order valence-corrected chi connectivity index (χ1v) is 6.26. The van der Waals surface area contributed by atoms with Crippen LogP contribution in [0.3, 0.4) is 0 Å². The first kappa shape index (κ1) is 12.6. The maximum atomic E-state index is 11.8. The van der Waals surface area contributed by atoms with Gasteiger partial charge in [-0.25, -0.2) is 4.79 Å². The molecule has 0 saturated heterocycles. The van der Waals surface area contributed by atoms with Crippen LogP contribution in [0, 0.1) is 0 Å². The van der Waals surface area contributed by atoms with Crippen LogP contribution in [0.15, 0.2) is 18.2 Å². The van der Waals surface area contributed by atoms with Crippen LogP contribution in [0.1, 0.15) is 27.0 Å². The summed E-state index contributed by atoms with van der Waals surface area (Å²) in [6, 6.07) is 5.43. The van der Waals surface area contributed by atoms with Gasteiger partial charge in [-0.2, -0.15) is 0 Å². The molecule has 0 unspecified atom stereocenters. The number of hydrogen-bond donors (Lipinski definition) is 0. The van der Waals surface area contributed by atoms with E-state index in [4.69, 9.17) is 9.47 Å². The summed E-state index contributed by atoms with van der Waals surface area (Å²) in [7, 11) is 1.53. The molecule has 1 aromatic carbocycles. The van der Waals surface area contributed by atoms with Crippen molar-refractivity contribution in [2.24, 2.45) is 0 Å². The molecule has 2 rings (SSSR count). The fourth-order valence-corrected chi connectivity index (χ4v) is 2.85. The maximum Gasteiger partial charge on any atom is 0.349 e. The van der Waals surface area contributed by atoms with Crippen molar-refractivity contribution in [3.63, 3.8) is 0 Å². The summed E-state index contributed by atoms with van der Waals surface area (Å²) in [4.78, 5) is 23.3. The second-order valence-corrected chi connectivity index (χ2v) is 4.57. The van der Waals surface area contributed by atoms with Crippen LogP contribution in [0.25, 0.3) is 10.1 Å². The van der Waals surface area contributed by atoms with E-state index in [1.807, 2.05) is 12.1 Å². The van der Waals surface area contributed by atoms with E-state index < -0.39 is 5.97 Å². The fraction of sp³-hybridized carbons (Fsp3) is 0.231. The van der Waals surface area contributed by atoms with Crippen LogP contribution in [0.4, 0.5) is 0 Å². The highest BCUT2D eigenvalue weighted by molar-refractivity contribution is 7.21. The summed E-state index contributed by atoms with van der Waals surface area (Å²) in [5, 5.41) is 0.669. The molecule has 1 heterocycles. The number of esters is 1. The van der Waals surface area contributed by atoms with E-state index in [-0.39, 0.29) is 6.61 Å². The van der Waals surface area contributed by atoms with Crippen LogP contribution in [-0.4, -0.2) is 26.0 Å². The lowest BCUT2D eigenvalue weighted by atomic mass is 10.1. The standard InChI is InChI=1S/C13H12O4S/c1-3-17-13(15)12-8(7-14)11-9(16-2)5-4-6-10(11)18-12/h4-7H,3H2,1-2H3. The lowest BCUT2D eigenvalue weighted by Gasteiger charge is -2.02. The smallest absolute Gasteiger partial charge is 0.349 e. The Balaban J connectivity index is 2.69. The number of benzene rings is 1. The summed E-state index contributed by atoms with van der Waals surface area (Å²) < 4.78 is 11.0. The van der Waals surface area contributed by atoms with Crippen molar-refractivity contribution < 1.29 is 19.1 Å². The zero-order chi connectivity index (χ0) is 13.1. The van der Waals surface area contributed by atoms with Crippen LogP contribution in [-0.2, 0) is 4.74 Å². The molecule has 0 amide bonds. The Bertz CT molecular complexity index is 600. The summed E-state index contributed by atoms with van der Waals surface area (Å²) in [6.45, 7) is 2.01. The number of rotatable bonds is 4. The van der Waals surface area contributed by atoms with Gasteiger partial charge in [-0.15, -0.1) is 11.3 Å². The van der Waals surface area contributed by atoms with Gasteiger partial charge in [0.05, 0.1) is 19.3 Å². The molecule has 0 aliphatic rings. The number of hydrogen-bond acceptors (Lipinski definition) is 5. The van der Waals surface area contributed by atoms with Gasteiger partial charge in [-0.3, -0.25) is 4.79 Å². The average Bonchev–Trinajstić information content (AvgIpc) is 2.77. The highest BCUT2D eigenvalue weighted by Gasteiger charge is 2.21. The van der Waals surface area contributed by atoms with Gasteiger partial charge in [0, 0.05) is 10.1 Å². The molecule has 18 heavy (non-hydrogen) atoms. The lowest BCUT2D eigenvalue weighted by molar-refractivity contribution is 0.0530. The second-order valence-electron chi connectivity index (χ2n) is 3.52. The van der Waals surface area contributed by atoms with E-state index in [1.54, 1.807) is 13.0 Å². The molecule has 0 saturated carbocycles. The predicted molar refractivity (Wildman–Crippen MR) is 69.7 cm³/mol. The van der Waals surface area contributed by atoms with Crippen molar-refractivity contribution >= 4 is 33.7 Å². The minimum Gasteiger partial charge on any atom is -0.496 e. The third kappa shape index (κ3) is 1.97. The topological polar surface area (TPSA) is 52.6 Å². The van der Waals surface area contributed by atoms with Gasteiger partial charge in [-0.05, 0) is 19.1 Å². The Morgan fingerprint density at radius 2 is 2.22 bits per heavy atom. The maximum absolute atomic E-state index is 11.8. The van der Waals surface area contributed by atoms with E-state index in [9.17, 15) is 9.59 Å². The molecule has 5 heteroatoms. The van der Waals surface area contributed by atoms with E-state index in [2.05, 4.69) is 0 Å². The summed E-state index contributed by atoms with van der Waals surface area (Å²) in [5.41, 5.74) is 0.339. The highest BCUT2D eigenvalue weighted by Crippen LogP contribution is 2.36. The van der Waals surface area contributed by atoms with Gasteiger partial charge >= 0.3 is 5.97 Å². The third-order valence-electron chi connectivity index (χ3n) is 2.51. The van der Waals surface area contributed by atoms with E-state index in [0.717, 1.165) is 4.70 Å². The molecule has 0 fully saturated rings. The van der Waals surface area contributed by atoms with Gasteiger partial charge < -0.3 is 9.47 Å². The molecular formula is C13H12O4S. The van der Waals surface area contributed by atoms with Crippen molar-refractivity contribution in [3.8, 4) is 5.75 Å². The molecule has 0 spiro atoms. The molecule has 4 nitrogen and oxygen atoms in total. The largest absolute Gasteiger partial charge is 0.496 e. The van der Waals surface area contributed by atoms with Crippen LogP contribution in [0.5, 0.6) is 5.75 Å². The Labute approximate surface area is 108 Å².